The van der Waals surface area contributed by atoms with Gasteiger partial charge in [0.25, 0.3) is 5.91 Å². The van der Waals surface area contributed by atoms with Crippen molar-refractivity contribution in [2.45, 2.75) is 35.2 Å². The van der Waals surface area contributed by atoms with E-state index in [9.17, 15) is 28.2 Å². The fourth-order valence-corrected chi connectivity index (χ4v) is 6.25. The summed E-state index contributed by atoms with van der Waals surface area (Å²) in [7, 11) is 0. The molecule has 0 saturated carbocycles. The number of amides is 1. The first-order valence-electron chi connectivity index (χ1n) is 11.2. The fourth-order valence-electron chi connectivity index (χ4n) is 4.68. The van der Waals surface area contributed by atoms with E-state index in [2.05, 4.69) is 0 Å². The first-order valence-corrected chi connectivity index (χ1v) is 12.6. The number of aliphatic hydroxyl groups is 2. The molecule has 0 bridgehead atoms. The van der Waals surface area contributed by atoms with Crippen molar-refractivity contribution in [3.8, 4) is 11.8 Å². The minimum atomic E-state index is -4.80. The van der Waals surface area contributed by atoms with E-state index in [0.717, 1.165) is 21.9 Å². The maximum absolute atomic E-state index is 13.8. The lowest BCUT2D eigenvalue weighted by atomic mass is 9.96. The van der Waals surface area contributed by atoms with Crippen LogP contribution in [0.25, 0.3) is 0 Å². The summed E-state index contributed by atoms with van der Waals surface area (Å²) >= 11 is 7.06. The Morgan fingerprint density at radius 1 is 1.27 bits per heavy atom. The van der Waals surface area contributed by atoms with Crippen molar-refractivity contribution < 1.29 is 37.7 Å². The molecule has 0 radical (unpaired) electrons. The molecule has 2 N–H and O–H groups in total. The average molecular weight is 552 g/mol. The minimum Gasteiger partial charge on any atom is -0.486 e. The molecule has 0 aromatic heterocycles. The number of carbonyl (C=O) groups is 1. The molecule has 3 atom stereocenters. The molecule has 5 rings (SSSR count). The minimum absolute atomic E-state index is 0.00360. The summed E-state index contributed by atoms with van der Waals surface area (Å²) < 4.78 is 52.3. The third-order valence-corrected chi connectivity index (χ3v) is 8.07. The summed E-state index contributed by atoms with van der Waals surface area (Å²) in [6.07, 6.45) is -6.15. The Hall–Kier alpha value is -2.89. The number of carbonyl (C=O) groups excluding carboxylic acids is 1. The molecule has 194 valence electrons. The van der Waals surface area contributed by atoms with Gasteiger partial charge >= 0.3 is 6.18 Å². The molecule has 3 aliphatic rings. The number of hydrogen-bond donors (Lipinski definition) is 2. The topological polar surface area (TPSA) is 106 Å². The van der Waals surface area contributed by atoms with Gasteiger partial charge in [0, 0.05) is 24.5 Å². The Bertz CT molecular complexity index is 1310. The number of anilines is 2. The molecule has 3 aliphatic heterocycles. The molecular weight excluding hydrogens is 531 g/mol. The smallest absolute Gasteiger partial charge is 0.417 e. The number of halogens is 3. The molecule has 2 saturated heterocycles. The van der Waals surface area contributed by atoms with Crippen molar-refractivity contribution in [1.29, 1.82) is 5.26 Å². The monoisotopic (exact) mass is 551 g/mol. The van der Waals surface area contributed by atoms with Crippen LogP contribution in [0.2, 0.25) is 0 Å². The van der Waals surface area contributed by atoms with Crippen molar-refractivity contribution in [3.05, 3.63) is 47.5 Å². The van der Waals surface area contributed by atoms with Crippen LogP contribution >= 0.6 is 24.0 Å². The third-order valence-electron chi connectivity index (χ3n) is 6.58. The second-order valence-electron chi connectivity index (χ2n) is 8.78. The highest BCUT2D eigenvalue weighted by molar-refractivity contribution is 7.99. The lowest BCUT2D eigenvalue weighted by molar-refractivity contribution is -0.137. The Balaban J connectivity index is 1.54. The first kappa shape index (κ1) is 25.7. The van der Waals surface area contributed by atoms with E-state index in [4.69, 9.17) is 27.0 Å². The summed E-state index contributed by atoms with van der Waals surface area (Å²) in [5.74, 6) is 0.359. The summed E-state index contributed by atoms with van der Waals surface area (Å²) in [6.45, 7) is -0.174. The van der Waals surface area contributed by atoms with E-state index < -0.39 is 47.6 Å². The van der Waals surface area contributed by atoms with Crippen LogP contribution in [0.4, 0.5) is 24.5 Å². The second-order valence-corrected chi connectivity index (χ2v) is 10.2. The highest BCUT2D eigenvalue weighted by atomic mass is 32.2. The highest BCUT2D eigenvalue weighted by Gasteiger charge is 2.58. The maximum Gasteiger partial charge on any atom is 0.417 e. The molecule has 3 heterocycles. The number of thioether (sulfide) groups is 1. The lowest BCUT2D eigenvalue weighted by Gasteiger charge is -2.33. The second kappa shape index (κ2) is 9.45. The van der Waals surface area contributed by atoms with E-state index in [1.807, 2.05) is 0 Å². The summed E-state index contributed by atoms with van der Waals surface area (Å²) in [6, 6.07) is 9.71. The van der Waals surface area contributed by atoms with E-state index in [1.54, 1.807) is 23.1 Å². The van der Waals surface area contributed by atoms with Crippen LogP contribution in [0, 0.1) is 11.3 Å². The van der Waals surface area contributed by atoms with Crippen LogP contribution in [0.1, 0.15) is 17.5 Å². The van der Waals surface area contributed by atoms with Crippen LogP contribution in [-0.2, 0) is 15.7 Å². The predicted octanol–water partition coefficient (Wildman–Crippen LogP) is 3.08. The van der Waals surface area contributed by atoms with Gasteiger partial charge in [0.15, 0.2) is 10.7 Å². The largest absolute Gasteiger partial charge is 0.486 e. The molecule has 2 aromatic carbocycles. The SMILES string of the molecule is N#Cc1ccc(N2C(=O)C3(CCOC3)N(c3ccc4c(c3)SCC(C(O)CO)O4)C2=S)cc1C(F)(F)F. The highest BCUT2D eigenvalue weighted by Crippen LogP contribution is 2.45. The van der Waals surface area contributed by atoms with Gasteiger partial charge in [-0.05, 0) is 48.6 Å². The van der Waals surface area contributed by atoms with Crippen molar-refractivity contribution >= 4 is 46.4 Å². The van der Waals surface area contributed by atoms with Gasteiger partial charge in [0.05, 0.1) is 41.0 Å². The number of ether oxygens (including phenoxy) is 2. The molecule has 0 aliphatic carbocycles. The molecule has 2 fully saturated rings. The van der Waals surface area contributed by atoms with Gasteiger partial charge in [-0.3, -0.25) is 9.69 Å². The van der Waals surface area contributed by atoms with Gasteiger partial charge < -0.3 is 24.6 Å². The molecule has 13 heteroatoms. The lowest BCUT2D eigenvalue weighted by Crippen LogP contribution is -2.50. The number of thiocarbonyl (C=S) groups is 1. The zero-order chi connectivity index (χ0) is 26.5. The van der Waals surface area contributed by atoms with Crippen LogP contribution in [0.15, 0.2) is 41.3 Å². The van der Waals surface area contributed by atoms with E-state index in [-0.39, 0.29) is 30.4 Å². The first-order chi connectivity index (χ1) is 17.6. The van der Waals surface area contributed by atoms with E-state index >= 15 is 0 Å². The van der Waals surface area contributed by atoms with Crippen LogP contribution in [0.5, 0.6) is 5.75 Å². The number of nitriles is 1. The molecule has 8 nitrogen and oxygen atoms in total. The molecule has 1 spiro atoms. The van der Waals surface area contributed by atoms with Gasteiger partial charge in [-0.15, -0.1) is 11.8 Å². The predicted molar refractivity (Wildman–Crippen MR) is 132 cm³/mol. The molecule has 2 aromatic rings. The number of hydrogen-bond acceptors (Lipinski definition) is 8. The molecular formula is C24H20F3N3O5S2. The number of aliphatic hydroxyl groups excluding tert-OH is 2. The van der Waals surface area contributed by atoms with Crippen LogP contribution in [0.3, 0.4) is 0 Å². The van der Waals surface area contributed by atoms with Crippen LogP contribution < -0.4 is 14.5 Å². The summed E-state index contributed by atoms with van der Waals surface area (Å²) in [5, 5.41) is 28.3. The summed E-state index contributed by atoms with van der Waals surface area (Å²) in [4.78, 5) is 17.2. The number of benzene rings is 2. The van der Waals surface area contributed by atoms with Gasteiger partial charge in [-0.1, -0.05) is 0 Å². The zero-order valence-corrected chi connectivity index (χ0v) is 20.7. The standard InChI is InChI=1S/C24H20F3N3O5S2/c25-24(26,27)16-7-14(2-1-13(16)9-28)29-21(33)23(5-6-34-12-23)30(22(29)36)15-3-4-18-20(8-15)37-11-19(35-18)17(32)10-31/h1-4,7-8,17,19,31-32H,5-6,10-12H2. The van der Waals surface area contributed by atoms with Crippen LogP contribution in [-0.4, -0.2) is 64.6 Å². The van der Waals surface area contributed by atoms with Crippen molar-refractivity contribution in [2.75, 3.05) is 35.4 Å². The van der Waals surface area contributed by atoms with Gasteiger partial charge in [-0.25, -0.2) is 0 Å². The Morgan fingerprint density at radius 3 is 2.68 bits per heavy atom. The third kappa shape index (κ3) is 4.22. The van der Waals surface area contributed by atoms with E-state index in [1.165, 1.54) is 23.9 Å². The number of rotatable bonds is 4. The Morgan fingerprint density at radius 2 is 2.03 bits per heavy atom. The Labute approximate surface area is 219 Å². The van der Waals surface area contributed by atoms with E-state index in [0.29, 0.717) is 17.2 Å². The average Bonchev–Trinajstić information content (AvgIpc) is 3.45. The van der Waals surface area contributed by atoms with Gasteiger partial charge in [-0.2, -0.15) is 18.4 Å². The number of fused-ring (bicyclic) bond motifs is 1. The number of nitrogens with zero attached hydrogens (tertiary/aromatic N) is 3. The van der Waals surface area contributed by atoms with Crippen molar-refractivity contribution in [3.63, 3.8) is 0 Å². The number of alkyl halides is 3. The van der Waals surface area contributed by atoms with Crippen molar-refractivity contribution in [1.82, 2.24) is 0 Å². The normalized spacial score (nSPS) is 24.3. The van der Waals surface area contributed by atoms with Gasteiger partial charge in [0.1, 0.15) is 18.0 Å². The van der Waals surface area contributed by atoms with Gasteiger partial charge in [0.2, 0.25) is 0 Å². The zero-order valence-electron chi connectivity index (χ0n) is 19.1. The summed E-state index contributed by atoms with van der Waals surface area (Å²) in [5.41, 5.74) is -2.51. The van der Waals surface area contributed by atoms with Crippen molar-refractivity contribution in [2.24, 2.45) is 0 Å². The molecule has 1 amide bonds. The molecule has 3 unspecified atom stereocenters. The Kier molecular flexibility index (Phi) is 6.57. The quantitative estimate of drug-likeness (QED) is 0.555. The fraction of sp³-hybridized carbons (Fsp3) is 0.375. The maximum atomic E-state index is 13.8. The molecule has 37 heavy (non-hydrogen) atoms.